The molecule has 0 N–H and O–H groups in total. The summed E-state index contributed by atoms with van der Waals surface area (Å²) < 4.78 is 0. The van der Waals surface area contributed by atoms with Gasteiger partial charge < -0.3 is 0 Å². The van der Waals surface area contributed by atoms with Gasteiger partial charge in [-0.2, -0.15) is 0 Å². The minimum absolute atomic E-state index is 0.325. The molecule has 2 rings (SSSR count). The molecule has 0 spiro atoms. The van der Waals surface area contributed by atoms with Gasteiger partial charge in [-0.05, 0) is 31.4 Å². The summed E-state index contributed by atoms with van der Waals surface area (Å²) in [6.07, 6.45) is 5.78. The van der Waals surface area contributed by atoms with Gasteiger partial charge >= 0.3 is 0 Å². The lowest BCUT2D eigenvalue weighted by atomic mass is 9.85. The van der Waals surface area contributed by atoms with Crippen molar-refractivity contribution in [3.05, 3.63) is 35.9 Å². The van der Waals surface area contributed by atoms with Crippen LogP contribution in [0, 0.1) is 5.92 Å². The van der Waals surface area contributed by atoms with Crippen molar-refractivity contribution in [1.29, 1.82) is 0 Å². The molecule has 2 heteroatoms. The highest BCUT2D eigenvalue weighted by Gasteiger charge is 2.25. The Morgan fingerprint density at radius 3 is 2.58 bits per heavy atom. The second-order valence-corrected chi connectivity index (χ2v) is 5.95. The average Bonchev–Trinajstić information content (AvgIpc) is 2.40. The van der Waals surface area contributed by atoms with Gasteiger partial charge in [-0.3, -0.25) is 9.69 Å². The Balaban J connectivity index is 1.84. The second-order valence-electron chi connectivity index (χ2n) is 5.95. The Morgan fingerprint density at radius 1 is 1.21 bits per heavy atom. The van der Waals surface area contributed by atoms with Gasteiger partial charge in [-0.15, -0.1) is 0 Å². The van der Waals surface area contributed by atoms with Gasteiger partial charge in [0.05, 0.1) is 6.54 Å². The van der Waals surface area contributed by atoms with Gasteiger partial charge in [-0.1, -0.05) is 50.1 Å². The van der Waals surface area contributed by atoms with Crippen LogP contribution in [0.25, 0.3) is 0 Å². The fraction of sp³-hybridized carbons (Fsp3) is 0.588. The predicted molar refractivity (Wildman–Crippen MR) is 79.2 cm³/mol. The SMILES string of the molecule is CC1CCCCC1N(C)CC(=O)Cc1ccccc1. The number of ketones is 1. The van der Waals surface area contributed by atoms with E-state index in [-0.39, 0.29) is 0 Å². The highest BCUT2D eigenvalue weighted by atomic mass is 16.1. The molecule has 1 aromatic rings. The third kappa shape index (κ3) is 4.17. The minimum atomic E-state index is 0.325. The van der Waals surface area contributed by atoms with Crippen molar-refractivity contribution in [2.24, 2.45) is 5.92 Å². The highest BCUT2D eigenvalue weighted by Crippen LogP contribution is 2.27. The molecule has 0 aromatic heterocycles. The molecule has 19 heavy (non-hydrogen) atoms. The van der Waals surface area contributed by atoms with Crippen LogP contribution in [0.1, 0.15) is 38.2 Å². The first kappa shape index (κ1) is 14.3. The molecule has 0 heterocycles. The molecule has 2 nitrogen and oxygen atoms in total. The van der Waals surface area contributed by atoms with Crippen LogP contribution in [0.4, 0.5) is 0 Å². The van der Waals surface area contributed by atoms with Crippen molar-refractivity contribution >= 4 is 5.78 Å². The smallest absolute Gasteiger partial charge is 0.151 e. The van der Waals surface area contributed by atoms with Gasteiger partial charge in [0, 0.05) is 12.5 Å². The number of carbonyl (C=O) groups is 1. The van der Waals surface area contributed by atoms with E-state index < -0.39 is 0 Å². The van der Waals surface area contributed by atoms with E-state index in [2.05, 4.69) is 18.9 Å². The third-order valence-corrected chi connectivity index (χ3v) is 4.30. The van der Waals surface area contributed by atoms with E-state index in [4.69, 9.17) is 0 Å². The quantitative estimate of drug-likeness (QED) is 0.808. The van der Waals surface area contributed by atoms with Gasteiger partial charge in [0.1, 0.15) is 0 Å². The van der Waals surface area contributed by atoms with Crippen molar-refractivity contribution in [2.75, 3.05) is 13.6 Å². The molecule has 2 unspecified atom stereocenters. The Bertz CT molecular complexity index is 401. The van der Waals surface area contributed by atoms with Crippen LogP contribution in [0.15, 0.2) is 30.3 Å². The number of hydrogen-bond donors (Lipinski definition) is 0. The maximum atomic E-state index is 12.1. The van der Waals surface area contributed by atoms with E-state index in [0.29, 0.717) is 24.8 Å². The molecular weight excluding hydrogens is 234 g/mol. The van der Waals surface area contributed by atoms with Crippen molar-refractivity contribution < 1.29 is 4.79 Å². The average molecular weight is 259 g/mol. The lowest BCUT2D eigenvalue weighted by Gasteiger charge is -2.35. The molecular formula is C17H25NO. The van der Waals surface area contributed by atoms with Crippen LogP contribution in [0.5, 0.6) is 0 Å². The first-order valence-corrected chi connectivity index (χ1v) is 7.42. The first-order chi connectivity index (χ1) is 9.16. The number of rotatable bonds is 5. The topological polar surface area (TPSA) is 20.3 Å². The van der Waals surface area contributed by atoms with E-state index in [1.807, 2.05) is 30.3 Å². The van der Waals surface area contributed by atoms with E-state index in [9.17, 15) is 4.79 Å². The van der Waals surface area contributed by atoms with Crippen molar-refractivity contribution in [2.45, 2.75) is 45.1 Å². The molecule has 0 radical (unpaired) electrons. The van der Waals surface area contributed by atoms with Crippen LogP contribution in [-0.2, 0) is 11.2 Å². The van der Waals surface area contributed by atoms with Crippen LogP contribution in [0.3, 0.4) is 0 Å². The molecule has 1 aliphatic carbocycles. The zero-order valence-electron chi connectivity index (χ0n) is 12.1. The van der Waals surface area contributed by atoms with Crippen LogP contribution < -0.4 is 0 Å². The number of Topliss-reactive ketones (excluding diaryl/α,β-unsaturated/α-hetero) is 1. The molecule has 1 saturated carbocycles. The first-order valence-electron chi connectivity index (χ1n) is 7.42. The van der Waals surface area contributed by atoms with Crippen LogP contribution in [0.2, 0.25) is 0 Å². The van der Waals surface area contributed by atoms with Crippen molar-refractivity contribution in [1.82, 2.24) is 4.90 Å². The summed E-state index contributed by atoms with van der Waals surface area (Å²) in [6, 6.07) is 10.6. The monoisotopic (exact) mass is 259 g/mol. The predicted octanol–water partition coefficient (Wildman–Crippen LogP) is 3.31. The summed E-state index contributed by atoms with van der Waals surface area (Å²) in [6.45, 7) is 2.91. The maximum absolute atomic E-state index is 12.1. The number of hydrogen-bond acceptors (Lipinski definition) is 2. The fourth-order valence-corrected chi connectivity index (χ4v) is 3.23. The molecule has 0 bridgehead atoms. The summed E-state index contributed by atoms with van der Waals surface area (Å²) in [5.74, 6) is 1.05. The van der Waals surface area contributed by atoms with Crippen molar-refractivity contribution in [3.8, 4) is 0 Å². The Labute approximate surface area is 116 Å². The number of benzene rings is 1. The van der Waals surface area contributed by atoms with Gasteiger partial charge in [0.2, 0.25) is 0 Å². The molecule has 1 aliphatic rings. The van der Waals surface area contributed by atoms with Gasteiger partial charge in [0.25, 0.3) is 0 Å². The van der Waals surface area contributed by atoms with E-state index in [1.165, 1.54) is 25.7 Å². The highest BCUT2D eigenvalue weighted by molar-refractivity contribution is 5.82. The Hall–Kier alpha value is -1.15. The van der Waals surface area contributed by atoms with E-state index in [1.54, 1.807) is 0 Å². The van der Waals surface area contributed by atoms with Gasteiger partial charge in [-0.25, -0.2) is 0 Å². The summed E-state index contributed by atoms with van der Waals surface area (Å²) in [7, 11) is 2.11. The summed E-state index contributed by atoms with van der Waals surface area (Å²) >= 11 is 0. The molecule has 2 atom stereocenters. The Kier molecular flexibility index (Phi) is 5.15. The maximum Gasteiger partial charge on any atom is 0.151 e. The lowest BCUT2D eigenvalue weighted by Crippen LogP contribution is -2.41. The number of carbonyl (C=O) groups excluding carboxylic acids is 1. The summed E-state index contributed by atoms with van der Waals surface area (Å²) in [5.41, 5.74) is 1.12. The Morgan fingerprint density at radius 2 is 1.89 bits per heavy atom. The normalized spacial score (nSPS) is 23.5. The third-order valence-electron chi connectivity index (χ3n) is 4.30. The lowest BCUT2D eigenvalue weighted by molar-refractivity contribution is -0.120. The molecule has 0 amide bonds. The standard InChI is InChI=1S/C17H25NO/c1-14-8-6-7-11-17(14)18(2)13-16(19)12-15-9-4-3-5-10-15/h3-5,9-10,14,17H,6-8,11-13H2,1-2H3. The van der Waals surface area contributed by atoms with Gasteiger partial charge in [0.15, 0.2) is 5.78 Å². The largest absolute Gasteiger partial charge is 0.298 e. The molecule has 104 valence electrons. The van der Waals surface area contributed by atoms with Crippen molar-refractivity contribution in [3.63, 3.8) is 0 Å². The molecule has 1 aromatic carbocycles. The molecule has 0 aliphatic heterocycles. The molecule has 0 saturated heterocycles. The zero-order chi connectivity index (χ0) is 13.7. The van der Waals surface area contributed by atoms with E-state index in [0.717, 1.165) is 11.5 Å². The zero-order valence-corrected chi connectivity index (χ0v) is 12.1. The fourth-order valence-electron chi connectivity index (χ4n) is 3.23. The second kappa shape index (κ2) is 6.85. The summed E-state index contributed by atoms with van der Waals surface area (Å²) in [4.78, 5) is 14.4. The van der Waals surface area contributed by atoms with Crippen LogP contribution >= 0.6 is 0 Å². The minimum Gasteiger partial charge on any atom is -0.298 e. The molecule has 1 fully saturated rings. The summed E-state index contributed by atoms with van der Waals surface area (Å²) in [5, 5.41) is 0. The number of nitrogens with zero attached hydrogens (tertiary/aromatic N) is 1. The van der Waals surface area contributed by atoms with E-state index >= 15 is 0 Å². The number of likely N-dealkylation sites (N-methyl/N-ethyl adjacent to an activating group) is 1. The van der Waals surface area contributed by atoms with Crippen LogP contribution in [-0.4, -0.2) is 30.3 Å².